The largest absolute Gasteiger partial charge is 0.472 e. The van der Waals surface area contributed by atoms with Crippen LogP contribution in [0.5, 0.6) is 5.88 Å². The molecular formula is C13H19N3O2. The maximum atomic E-state index is 11.3. The van der Waals surface area contributed by atoms with Crippen LogP contribution in [-0.4, -0.2) is 30.1 Å². The molecule has 2 heterocycles. The van der Waals surface area contributed by atoms with Crippen LogP contribution < -0.4 is 15.8 Å². The molecule has 1 aliphatic heterocycles. The van der Waals surface area contributed by atoms with E-state index >= 15 is 0 Å². The van der Waals surface area contributed by atoms with Crippen LogP contribution in [0.3, 0.4) is 0 Å². The number of ether oxygens (including phenoxy) is 1. The minimum Gasteiger partial charge on any atom is -0.472 e. The normalized spacial score (nSPS) is 23.7. The topological polar surface area (TPSA) is 77.2 Å². The number of piperidine rings is 1. The smallest absolute Gasteiger partial charge is 0.254 e. The van der Waals surface area contributed by atoms with Crippen molar-refractivity contribution < 1.29 is 9.53 Å². The van der Waals surface area contributed by atoms with Gasteiger partial charge in [-0.3, -0.25) is 4.79 Å². The highest BCUT2D eigenvalue weighted by Crippen LogP contribution is 2.22. The Hall–Kier alpha value is -1.62. The summed E-state index contributed by atoms with van der Waals surface area (Å²) in [5.74, 6) is 0.284. The number of rotatable bonds is 3. The van der Waals surface area contributed by atoms with Gasteiger partial charge >= 0.3 is 0 Å². The number of nitrogens with two attached hydrogens (primary N) is 1. The Labute approximate surface area is 107 Å². The third kappa shape index (κ3) is 2.79. The zero-order valence-corrected chi connectivity index (χ0v) is 10.8. The van der Waals surface area contributed by atoms with Crippen LogP contribution in [0.25, 0.3) is 0 Å². The second-order valence-electron chi connectivity index (χ2n) is 4.80. The fourth-order valence-electron chi connectivity index (χ4n) is 2.07. The second kappa shape index (κ2) is 5.35. The van der Waals surface area contributed by atoms with Gasteiger partial charge in [0, 0.05) is 12.2 Å². The molecule has 1 saturated heterocycles. The van der Waals surface area contributed by atoms with E-state index in [4.69, 9.17) is 10.5 Å². The van der Waals surface area contributed by atoms with Gasteiger partial charge in [-0.1, -0.05) is 6.92 Å². The van der Waals surface area contributed by atoms with E-state index in [9.17, 15) is 4.79 Å². The first-order valence-electron chi connectivity index (χ1n) is 6.22. The van der Waals surface area contributed by atoms with Crippen LogP contribution in [0, 0.1) is 12.8 Å². The number of carbonyl (C=O) groups excluding carboxylic acids is 1. The fraction of sp³-hybridized carbons (Fsp3) is 0.538. The lowest BCUT2D eigenvalue weighted by Gasteiger charge is -2.30. The molecule has 3 N–H and O–H groups in total. The number of aromatic nitrogens is 1. The Morgan fingerprint density at radius 1 is 1.56 bits per heavy atom. The molecule has 1 aromatic heterocycles. The summed E-state index contributed by atoms with van der Waals surface area (Å²) >= 11 is 0. The van der Waals surface area contributed by atoms with Crippen molar-refractivity contribution in [1.82, 2.24) is 10.3 Å². The molecule has 2 rings (SSSR count). The molecule has 1 aromatic rings. The quantitative estimate of drug-likeness (QED) is 0.833. The van der Waals surface area contributed by atoms with Crippen molar-refractivity contribution in [3.8, 4) is 5.88 Å². The van der Waals surface area contributed by atoms with Crippen molar-refractivity contribution in [2.45, 2.75) is 26.4 Å². The van der Waals surface area contributed by atoms with Gasteiger partial charge in [-0.2, -0.15) is 0 Å². The minimum atomic E-state index is -0.506. The van der Waals surface area contributed by atoms with Crippen molar-refractivity contribution in [2.75, 3.05) is 13.1 Å². The van der Waals surface area contributed by atoms with E-state index in [1.54, 1.807) is 12.1 Å². The number of nitrogens with zero attached hydrogens (tertiary/aromatic N) is 1. The number of hydrogen-bond acceptors (Lipinski definition) is 4. The maximum absolute atomic E-state index is 11.3. The Morgan fingerprint density at radius 2 is 2.33 bits per heavy atom. The summed E-state index contributed by atoms with van der Waals surface area (Å²) in [4.78, 5) is 15.6. The van der Waals surface area contributed by atoms with Gasteiger partial charge in [0.15, 0.2) is 0 Å². The fourth-order valence-corrected chi connectivity index (χ4v) is 2.07. The molecule has 98 valence electrons. The second-order valence-corrected chi connectivity index (χ2v) is 4.80. The summed E-state index contributed by atoms with van der Waals surface area (Å²) in [5.41, 5.74) is 6.49. The van der Waals surface area contributed by atoms with E-state index in [2.05, 4.69) is 17.2 Å². The van der Waals surface area contributed by atoms with Gasteiger partial charge < -0.3 is 15.8 Å². The van der Waals surface area contributed by atoms with E-state index in [1.807, 2.05) is 6.92 Å². The molecule has 5 nitrogen and oxygen atoms in total. The van der Waals surface area contributed by atoms with Gasteiger partial charge in [0.1, 0.15) is 11.7 Å². The van der Waals surface area contributed by atoms with Crippen molar-refractivity contribution >= 4 is 5.91 Å². The number of hydrogen-bond donors (Lipinski definition) is 2. The molecule has 0 aliphatic carbocycles. The van der Waals surface area contributed by atoms with Crippen molar-refractivity contribution in [3.05, 3.63) is 23.4 Å². The molecule has 1 amide bonds. The third-order valence-corrected chi connectivity index (χ3v) is 3.28. The molecule has 18 heavy (non-hydrogen) atoms. The lowest BCUT2D eigenvalue weighted by Crippen LogP contribution is -2.43. The van der Waals surface area contributed by atoms with E-state index in [0.29, 0.717) is 17.4 Å². The molecular weight excluding hydrogens is 230 g/mol. The molecule has 2 atom stereocenters. The van der Waals surface area contributed by atoms with Gasteiger partial charge in [0.25, 0.3) is 5.91 Å². The monoisotopic (exact) mass is 249 g/mol. The number of pyridine rings is 1. The minimum absolute atomic E-state index is 0.0335. The highest BCUT2D eigenvalue weighted by atomic mass is 16.5. The molecule has 0 aromatic carbocycles. The predicted molar refractivity (Wildman–Crippen MR) is 68.6 cm³/mol. The van der Waals surface area contributed by atoms with Gasteiger partial charge in [0.05, 0.1) is 0 Å². The van der Waals surface area contributed by atoms with Crippen molar-refractivity contribution in [3.63, 3.8) is 0 Å². The number of carbonyl (C=O) groups is 1. The lowest BCUT2D eigenvalue weighted by molar-refractivity contribution is 0.0951. The van der Waals surface area contributed by atoms with Crippen LogP contribution >= 0.6 is 0 Å². The van der Waals surface area contributed by atoms with E-state index in [0.717, 1.165) is 25.2 Å². The number of aryl methyl sites for hydroxylation is 1. The van der Waals surface area contributed by atoms with Crippen molar-refractivity contribution in [1.29, 1.82) is 0 Å². The molecule has 0 radical (unpaired) electrons. The zero-order chi connectivity index (χ0) is 13.1. The average molecular weight is 249 g/mol. The first-order chi connectivity index (χ1) is 8.58. The Bertz CT molecular complexity index is 448. The van der Waals surface area contributed by atoms with Crippen LogP contribution in [0.15, 0.2) is 12.1 Å². The summed E-state index contributed by atoms with van der Waals surface area (Å²) in [6, 6.07) is 3.43. The maximum Gasteiger partial charge on any atom is 0.254 e. The number of nitrogens with one attached hydrogen (secondary N) is 1. The molecule has 5 heteroatoms. The average Bonchev–Trinajstić information content (AvgIpc) is 2.32. The van der Waals surface area contributed by atoms with Crippen LogP contribution in [0.4, 0.5) is 0 Å². The van der Waals surface area contributed by atoms with Crippen molar-refractivity contribution in [2.24, 2.45) is 11.7 Å². The van der Waals surface area contributed by atoms with Crippen LogP contribution in [-0.2, 0) is 0 Å². The lowest BCUT2D eigenvalue weighted by atomic mass is 9.97. The molecule has 0 saturated carbocycles. The zero-order valence-electron chi connectivity index (χ0n) is 10.8. The van der Waals surface area contributed by atoms with Gasteiger partial charge in [0.2, 0.25) is 5.88 Å². The summed E-state index contributed by atoms with van der Waals surface area (Å²) in [6.07, 6.45) is 1.09. The third-order valence-electron chi connectivity index (χ3n) is 3.28. The van der Waals surface area contributed by atoms with Gasteiger partial charge in [-0.05, 0) is 37.9 Å². The van der Waals surface area contributed by atoms with Gasteiger partial charge in [-0.25, -0.2) is 4.98 Å². The number of primary amides is 1. The highest BCUT2D eigenvalue weighted by molar-refractivity contribution is 5.95. The summed E-state index contributed by atoms with van der Waals surface area (Å²) in [7, 11) is 0. The Morgan fingerprint density at radius 3 is 3.00 bits per heavy atom. The Balaban J connectivity index is 2.21. The summed E-state index contributed by atoms with van der Waals surface area (Å²) in [5, 5.41) is 3.28. The molecule has 1 aliphatic rings. The number of amides is 1. The van der Waals surface area contributed by atoms with E-state index in [-0.39, 0.29) is 6.10 Å². The first kappa shape index (κ1) is 12.8. The highest BCUT2D eigenvalue weighted by Gasteiger charge is 2.24. The SMILES string of the molecule is Cc1ccc(C(N)=O)c(OC2CNCCC2C)n1. The molecule has 1 fully saturated rings. The van der Waals surface area contributed by atoms with Gasteiger partial charge in [-0.15, -0.1) is 0 Å². The first-order valence-corrected chi connectivity index (χ1v) is 6.22. The summed E-state index contributed by atoms with van der Waals surface area (Å²) in [6.45, 7) is 5.78. The predicted octanol–water partition coefficient (Wildman–Crippen LogP) is 0.866. The molecule has 2 unspecified atom stereocenters. The van der Waals surface area contributed by atoms with E-state index in [1.165, 1.54) is 0 Å². The Kier molecular flexibility index (Phi) is 3.81. The summed E-state index contributed by atoms with van der Waals surface area (Å²) < 4.78 is 5.87. The van der Waals surface area contributed by atoms with Crippen LogP contribution in [0.1, 0.15) is 29.4 Å². The molecule has 0 bridgehead atoms. The van der Waals surface area contributed by atoms with Crippen LogP contribution in [0.2, 0.25) is 0 Å². The standard InChI is InChI=1S/C13H19N3O2/c1-8-5-6-15-7-11(8)18-13-10(12(14)17)4-3-9(2)16-13/h3-4,8,11,15H,5-7H2,1-2H3,(H2,14,17). The van der Waals surface area contributed by atoms with E-state index < -0.39 is 5.91 Å². The molecule has 0 spiro atoms.